The zero-order valence-electron chi connectivity index (χ0n) is 24.8. The Kier molecular flexibility index (Phi) is 5.70. The van der Waals surface area contributed by atoms with Gasteiger partial charge in [-0.2, -0.15) is 0 Å². The third-order valence-corrected chi connectivity index (χ3v) is 9.32. The van der Waals surface area contributed by atoms with Crippen molar-refractivity contribution in [3.05, 3.63) is 158 Å². The van der Waals surface area contributed by atoms with Crippen LogP contribution in [-0.2, 0) is 0 Å². The number of rotatable bonds is 3. The van der Waals surface area contributed by atoms with E-state index in [0.29, 0.717) is 0 Å². The first kappa shape index (κ1) is 26.3. The quantitative estimate of drug-likeness (QED) is 0.201. The zero-order chi connectivity index (χ0) is 29.5. The van der Waals surface area contributed by atoms with Crippen molar-refractivity contribution in [3.63, 3.8) is 0 Å². The first-order chi connectivity index (χ1) is 22.3. The largest absolute Gasteiger partial charge is 0.456 e. The normalized spacial score (nSPS) is 11.7. The molecular weight excluding hydrogens is 564 g/mol. The minimum Gasteiger partial charge on any atom is -0.456 e. The Labute approximate surface area is 264 Å². The molecule has 218 valence electrons. The van der Waals surface area contributed by atoms with E-state index in [0.717, 1.165) is 33.3 Å². The van der Waals surface area contributed by atoms with Gasteiger partial charge in [-0.05, 0) is 65.7 Å². The maximum absolute atomic E-state index is 6.63. The van der Waals surface area contributed by atoms with Gasteiger partial charge in [0.05, 0.1) is 22.1 Å². The van der Waals surface area contributed by atoms with Crippen LogP contribution in [0.1, 0.15) is 0 Å². The van der Waals surface area contributed by atoms with Crippen molar-refractivity contribution in [2.75, 3.05) is 0 Å². The Morgan fingerprint density at radius 3 is 1.33 bits per heavy atom. The molecule has 0 saturated heterocycles. The Morgan fingerprint density at radius 2 is 0.783 bits per heavy atom. The molecule has 0 radical (unpaired) electrons. The lowest BCUT2D eigenvalue weighted by molar-refractivity contribution is 0.668. The molecule has 0 spiro atoms. The Balaban J connectivity index is 0.00000292. The van der Waals surface area contributed by atoms with Gasteiger partial charge in [-0.1, -0.05) is 91.0 Å². The molecule has 0 atom stereocenters. The van der Waals surface area contributed by atoms with E-state index in [1.807, 2.05) is 0 Å². The molecule has 2 N–H and O–H groups in total. The van der Waals surface area contributed by atoms with Crippen LogP contribution in [-0.4, -0.2) is 14.6 Å². The summed E-state index contributed by atoms with van der Waals surface area (Å²) >= 11 is 0. The highest BCUT2D eigenvalue weighted by atomic mass is 16.3. The van der Waals surface area contributed by atoms with Crippen molar-refractivity contribution in [2.45, 2.75) is 0 Å². The zero-order valence-corrected chi connectivity index (χ0v) is 24.8. The van der Waals surface area contributed by atoms with Gasteiger partial charge in [-0.15, -0.1) is 0 Å². The molecule has 7 aromatic carbocycles. The number of para-hydroxylation sites is 3. The van der Waals surface area contributed by atoms with Gasteiger partial charge in [0, 0.05) is 55.8 Å². The fourth-order valence-corrected chi connectivity index (χ4v) is 7.29. The summed E-state index contributed by atoms with van der Waals surface area (Å²) in [5.41, 5.74) is 11.1. The SMILES string of the molecule is O.c1ccc(-c2ccc3c(c2)c2ccccc2n3-c2ccc3c(c2)oc2cc(-n4c5ccccc5c5ccccc54)ccc23)cc1. The summed E-state index contributed by atoms with van der Waals surface area (Å²) in [5, 5.41) is 7.23. The summed E-state index contributed by atoms with van der Waals surface area (Å²) in [6, 6.07) is 56.5. The van der Waals surface area contributed by atoms with Crippen LogP contribution >= 0.6 is 0 Å². The second kappa shape index (κ2) is 9.96. The minimum absolute atomic E-state index is 0. The summed E-state index contributed by atoms with van der Waals surface area (Å²) in [7, 11) is 0. The highest BCUT2D eigenvalue weighted by Gasteiger charge is 2.17. The van der Waals surface area contributed by atoms with Crippen molar-refractivity contribution >= 4 is 65.6 Å². The number of fused-ring (bicyclic) bond motifs is 9. The van der Waals surface area contributed by atoms with Crippen LogP contribution in [0.4, 0.5) is 0 Å². The number of hydrogen-bond donors (Lipinski definition) is 0. The lowest BCUT2D eigenvalue weighted by Crippen LogP contribution is -1.93. The molecule has 4 nitrogen and oxygen atoms in total. The molecule has 3 aromatic heterocycles. The standard InChI is InChI=1S/C42H26N2O.H2O/c1-2-10-27(11-3-1)28-18-23-40-36(24-28)33-14-6-9-17-39(33)44(40)30-20-22-35-34-21-19-29(25-41(34)45-42(35)26-30)43-37-15-7-4-12-31(37)32-13-5-8-16-38(32)43;/h1-26H;1H2. The maximum Gasteiger partial charge on any atom is 0.137 e. The monoisotopic (exact) mass is 592 g/mol. The van der Waals surface area contributed by atoms with E-state index in [1.165, 1.54) is 54.7 Å². The molecule has 0 saturated carbocycles. The summed E-state index contributed by atoms with van der Waals surface area (Å²) in [5.74, 6) is 0. The lowest BCUT2D eigenvalue weighted by atomic mass is 10.0. The third-order valence-electron chi connectivity index (χ3n) is 9.32. The first-order valence-corrected chi connectivity index (χ1v) is 15.4. The molecule has 46 heavy (non-hydrogen) atoms. The number of hydrogen-bond acceptors (Lipinski definition) is 1. The summed E-state index contributed by atoms with van der Waals surface area (Å²) in [4.78, 5) is 0. The van der Waals surface area contributed by atoms with Crippen molar-refractivity contribution in [3.8, 4) is 22.5 Å². The molecule has 0 fully saturated rings. The van der Waals surface area contributed by atoms with Gasteiger partial charge < -0.3 is 19.0 Å². The lowest BCUT2D eigenvalue weighted by Gasteiger charge is -2.08. The molecule has 0 bridgehead atoms. The van der Waals surface area contributed by atoms with Crippen LogP contribution < -0.4 is 0 Å². The Morgan fingerprint density at radius 1 is 0.326 bits per heavy atom. The maximum atomic E-state index is 6.63. The summed E-state index contributed by atoms with van der Waals surface area (Å²) in [6.07, 6.45) is 0. The van der Waals surface area contributed by atoms with Gasteiger partial charge in [-0.3, -0.25) is 0 Å². The van der Waals surface area contributed by atoms with E-state index < -0.39 is 0 Å². The minimum atomic E-state index is 0. The van der Waals surface area contributed by atoms with Crippen LogP contribution in [0.15, 0.2) is 162 Å². The van der Waals surface area contributed by atoms with Crippen LogP contribution in [0.2, 0.25) is 0 Å². The van der Waals surface area contributed by atoms with E-state index in [4.69, 9.17) is 4.42 Å². The van der Waals surface area contributed by atoms with Gasteiger partial charge in [0.25, 0.3) is 0 Å². The highest BCUT2D eigenvalue weighted by Crippen LogP contribution is 2.38. The average Bonchev–Trinajstić information content (AvgIpc) is 3.75. The van der Waals surface area contributed by atoms with Gasteiger partial charge >= 0.3 is 0 Å². The smallest absolute Gasteiger partial charge is 0.137 e. The number of nitrogens with zero attached hydrogens (tertiary/aromatic N) is 2. The number of aromatic nitrogens is 2. The molecule has 0 aliphatic carbocycles. The van der Waals surface area contributed by atoms with Crippen LogP contribution in [0.5, 0.6) is 0 Å². The summed E-state index contributed by atoms with van der Waals surface area (Å²) in [6.45, 7) is 0. The second-order valence-corrected chi connectivity index (χ2v) is 11.8. The van der Waals surface area contributed by atoms with E-state index in [-0.39, 0.29) is 5.48 Å². The first-order valence-electron chi connectivity index (χ1n) is 15.4. The fraction of sp³-hybridized carbons (Fsp3) is 0. The Bertz CT molecular complexity index is 2710. The molecule has 4 heteroatoms. The molecular formula is C42H28N2O2. The predicted octanol–water partition coefficient (Wildman–Crippen LogP) is 10.6. The average molecular weight is 593 g/mol. The van der Waals surface area contributed by atoms with Crippen LogP contribution in [0.25, 0.3) is 88.1 Å². The van der Waals surface area contributed by atoms with Crippen LogP contribution in [0.3, 0.4) is 0 Å². The van der Waals surface area contributed by atoms with Gasteiger partial charge in [0.2, 0.25) is 0 Å². The van der Waals surface area contributed by atoms with Gasteiger partial charge in [0.1, 0.15) is 11.2 Å². The topological polar surface area (TPSA) is 54.5 Å². The van der Waals surface area contributed by atoms with Crippen molar-refractivity contribution in [2.24, 2.45) is 0 Å². The van der Waals surface area contributed by atoms with Crippen molar-refractivity contribution in [1.29, 1.82) is 0 Å². The molecule has 3 heterocycles. The van der Waals surface area contributed by atoms with E-state index in [9.17, 15) is 0 Å². The predicted molar refractivity (Wildman–Crippen MR) is 191 cm³/mol. The van der Waals surface area contributed by atoms with E-state index in [1.54, 1.807) is 0 Å². The molecule has 0 aliphatic heterocycles. The van der Waals surface area contributed by atoms with Gasteiger partial charge in [0.15, 0.2) is 0 Å². The second-order valence-electron chi connectivity index (χ2n) is 11.8. The molecule has 0 unspecified atom stereocenters. The molecule has 0 amide bonds. The Hall–Kier alpha value is -6.10. The number of furan rings is 1. The molecule has 10 rings (SSSR count). The third kappa shape index (κ3) is 3.71. The fourth-order valence-electron chi connectivity index (χ4n) is 7.29. The molecule has 0 aliphatic rings. The van der Waals surface area contributed by atoms with Crippen LogP contribution in [0, 0.1) is 0 Å². The highest BCUT2D eigenvalue weighted by molar-refractivity contribution is 6.12. The van der Waals surface area contributed by atoms with E-state index >= 15 is 0 Å². The van der Waals surface area contributed by atoms with E-state index in [2.05, 4.69) is 167 Å². The van der Waals surface area contributed by atoms with Crippen molar-refractivity contribution < 1.29 is 9.89 Å². The van der Waals surface area contributed by atoms with Crippen molar-refractivity contribution in [1.82, 2.24) is 9.13 Å². The summed E-state index contributed by atoms with van der Waals surface area (Å²) < 4.78 is 11.3. The van der Waals surface area contributed by atoms with Gasteiger partial charge in [-0.25, -0.2) is 0 Å². The molecule has 10 aromatic rings. The number of benzene rings is 7.